The molecule has 5 rings (SSSR count). The first-order valence-corrected chi connectivity index (χ1v) is 9.82. The van der Waals surface area contributed by atoms with Gasteiger partial charge in [-0.05, 0) is 18.2 Å². The molecule has 1 atom stereocenters. The molecule has 1 aliphatic rings. The predicted octanol–water partition coefficient (Wildman–Crippen LogP) is 2.62. The summed E-state index contributed by atoms with van der Waals surface area (Å²) < 4.78 is 1.84. The number of H-pyrrole nitrogens is 1. The van der Waals surface area contributed by atoms with E-state index >= 15 is 0 Å². The molecular weight excluding hydrogens is 360 g/mol. The Kier molecular flexibility index (Phi) is 3.97. The lowest BCUT2D eigenvalue weighted by molar-refractivity contribution is -0.133. The zero-order valence-electron chi connectivity index (χ0n) is 14.6. The minimum absolute atomic E-state index is 0.112. The molecule has 0 saturated heterocycles. The number of amides is 1. The molecule has 1 unspecified atom stereocenters. The van der Waals surface area contributed by atoms with Crippen molar-refractivity contribution >= 4 is 22.8 Å². The van der Waals surface area contributed by atoms with Crippen molar-refractivity contribution in [3.63, 3.8) is 0 Å². The molecular formula is C19H18N6OS. The van der Waals surface area contributed by atoms with Gasteiger partial charge < -0.3 is 9.88 Å². The number of rotatable bonds is 4. The molecule has 4 aromatic rings. The van der Waals surface area contributed by atoms with Crippen LogP contribution in [0.3, 0.4) is 0 Å². The van der Waals surface area contributed by atoms with Gasteiger partial charge in [0.2, 0.25) is 5.91 Å². The fourth-order valence-electron chi connectivity index (χ4n) is 3.67. The number of aromatic nitrogens is 5. The summed E-state index contributed by atoms with van der Waals surface area (Å²) in [7, 11) is 0. The molecule has 8 heteroatoms. The molecule has 0 radical (unpaired) electrons. The highest BCUT2D eigenvalue weighted by atomic mass is 32.1. The summed E-state index contributed by atoms with van der Waals surface area (Å²) in [5.74, 6) is 0.112. The first kappa shape index (κ1) is 16.2. The largest absolute Gasteiger partial charge is 0.348 e. The molecule has 0 saturated carbocycles. The van der Waals surface area contributed by atoms with Crippen LogP contribution in [0.25, 0.3) is 5.52 Å². The minimum atomic E-state index is -0.260. The van der Waals surface area contributed by atoms with Crippen LogP contribution in [0.15, 0.2) is 48.4 Å². The average Bonchev–Trinajstić information content (AvgIpc) is 3.45. The molecule has 7 nitrogen and oxygen atoms in total. The molecule has 0 spiro atoms. The molecule has 27 heavy (non-hydrogen) atoms. The number of aromatic amines is 1. The molecule has 0 aromatic carbocycles. The Morgan fingerprint density at radius 3 is 3.15 bits per heavy atom. The monoisotopic (exact) mass is 378 g/mol. The van der Waals surface area contributed by atoms with E-state index in [1.165, 1.54) is 0 Å². The minimum Gasteiger partial charge on any atom is -0.348 e. The van der Waals surface area contributed by atoms with Crippen LogP contribution in [0.1, 0.15) is 34.6 Å². The maximum absolute atomic E-state index is 13.1. The predicted molar refractivity (Wildman–Crippen MR) is 101 cm³/mol. The third kappa shape index (κ3) is 2.91. The van der Waals surface area contributed by atoms with Crippen molar-refractivity contribution in [2.75, 3.05) is 6.54 Å². The van der Waals surface area contributed by atoms with Crippen LogP contribution < -0.4 is 0 Å². The maximum atomic E-state index is 13.1. The highest BCUT2D eigenvalue weighted by Gasteiger charge is 2.35. The second kappa shape index (κ2) is 6.62. The van der Waals surface area contributed by atoms with E-state index in [0.717, 1.165) is 34.0 Å². The SMILES string of the molecule is O=C(CCc1nccs1)N1CCc2[nH]cnc2C1c1cc2ccccn2n1. The van der Waals surface area contributed by atoms with E-state index in [1.54, 1.807) is 23.9 Å². The number of aryl methyl sites for hydroxylation is 1. The third-order valence-electron chi connectivity index (χ3n) is 4.95. The van der Waals surface area contributed by atoms with Crippen LogP contribution in [0.4, 0.5) is 0 Å². The van der Waals surface area contributed by atoms with Gasteiger partial charge in [-0.3, -0.25) is 4.79 Å². The molecule has 5 heterocycles. The first-order valence-electron chi connectivity index (χ1n) is 8.94. The van der Waals surface area contributed by atoms with E-state index in [4.69, 9.17) is 5.10 Å². The Balaban J connectivity index is 1.49. The number of imidazole rings is 1. The number of pyridine rings is 1. The van der Waals surface area contributed by atoms with Gasteiger partial charge >= 0.3 is 0 Å². The Bertz CT molecular complexity index is 1050. The van der Waals surface area contributed by atoms with Crippen LogP contribution in [-0.2, 0) is 17.6 Å². The van der Waals surface area contributed by atoms with E-state index in [1.807, 2.05) is 45.3 Å². The van der Waals surface area contributed by atoms with Gasteiger partial charge in [0.15, 0.2) is 0 Å². The van der Waals surface area contributed by atoms with Gasteiger partial charge in [-0.25, -0.2) is 14.5 Å². The Labute approximate surface area is 159 Å². The van der Waals surface area contributed by atoms with Crippen LogP contribution in [0.5, 0.6) is 0 Å². The van der Waals surface area contributed by atoms with Crippen molar-refractivity contribution < 1.29 is 4.79 Å². The molecule has 1 N–H and O–H groups in total. The molecule has 0 bridgehead atoms. The number of fused-ring (bicyclic) bond motifs is 2. The van der Waals surface area contributed by atoms with E-state index in [2.05, 4.69) is 15.0 Å². The number of nitrogens with zero attached hydrogens (tertiary/aromatic N) is 5. The van der Waals surface area contributed by atoms with E-state index in [9.17, 15) is 4.79 Å². The van der Waals surface area contributed by atoms with Gasteiger partial charge in [0.25, 0.3) is 0 Å². The van der Waals surface area contributed by atoms with Crippen LogP contribution in [0.2, 0.25) is 0 Å². The second-order valence-electron chi connectivity index (χ2n) is 6.57. The average molecular weight is 378 g/mol. The molecule has 0 fully saturated rings. The number of thiazole rings is 1. The molecule has 0 aliphatic carbocycles. The summed E-state index contributed by atoms with van der Waals surface area (Å²) in [6.07, 6.45) is 7.29. The summed E-state index contributed by atoms with van der Waals surface area (Å²) in [4.78, 5) is 27.0. The quantitative estimate of drug-likeness (QED) is 0.592. The fourth-order valence-corrected chi connectivity index (χ4v) is 4.29. The fraction of sp³-hybridized carbons (Fsp3) is 0.263. The number of hydrogen-bond acceptors (Lipinski definition) is 5. The standard InChI is InChI=1S/C19H18N6OS/c26-17(5-4-16-20-7-10-27-16)24-9-6-14-18(22-12-21-14)19(24)15-11-13-3-1-2-8-25(13)23-15/h1-3,7-8,10-12,19H,4-6,9H2,(H,21,22). The van der Waals surface area contributed by atoms with Crippen LogP contribution in [-0.4, -0.2) is 41.9 Å². The van der Waals surface area contributed by atoms with E-state index in [0.29, 0.717) is 19.4 Å². The second-order valence-corrected chi connectivity index (χ2v) is 7.55. The zero-order valence-corrected chi connectivity index (χ0v) is 15.4. The Morgan fingerprint density at radius 1 is 1.33 bits per heavy atom. The number of nitrogens with one attached hydrogen (secondary N) is 1. The van der Waals surface area contributed by atoms with Gasteiger partial charge in [0.1, 0.15) is 6.04 Å². The number of carbonyl (C=O) groups is 1. The van der Waals surface area contributed by atoms with Gasteiger partial charge in [-0.1, -0.05) is 6.07 Å². The van der Waals surface area contributed by atoms with Crippen molar-refractivity contribution in [1.82, 2.24) is 29.5 Å². The number of hydrogen-bond donors (Lipinski definition) is 1. The van der Waals surface area contributed by atoms with Gasteiger partial charge in [-0.2, -0.15) is 5.10 Å². The third-order valence-corrected chi connectivity index (χ3v) is 5.79. The molecule has 1 aliphatic heterocycles. The summed E-state index contributed by atoms with van der Waals surface area (Å²) in [6.45, 7) is 0.657. The topological polar surface area (TPSA) is 79.2 Å². The van der Waals surface area contributed by atoms with Crippen LogP contribution >= 0.6 is 11.3 Å². The maximum Gasteiger partial charge on any atom is 0.223 e. The lowest BCUT2D eigenvalue weighted by Gasteiger charge is -2.34. The Hall–Kier alpha value is -3.00. The van der Waals surface area contributed by atoms with Gasteiger partial charge in [-0.15, -0.1) is 11.3 Å². The van der Waals surface area contributed by atoms with Crippen molar-refractivity contribution in [3.05, 3.63) is 70.5 Å². The van der Waals surface area contributed by atoms with Crippen molar-refractivity contribution in [2.24, 2.45) is 0 Å². The Morgan fingerprint density at radius 2 is 2.30 bits per heavy atom. The molecule has 1 amide bonds. The van der Waals surface area contributed by atoms with Crippen molar-refractivity contribution in [2.45, 2.75) is 25.3 Å². The highest BCUT2D eigenvalue weighted by molar-refractivity contribution is 7.09. The summed E-state index contributed by atoms with van der Waals surface area (Å²) in [5.41, 5.74) is 3.83. The lowest BCUT2D eigenvalue weighted by Crippen LogP contribution is -2.41. The first-order chi connectivity index (χ1) is 13.3. The van der Waals surface area contributed by atoms with Crippen molar-refractivity contribution in [1.29, 1.82) is 0 Å². The van der Waals surface area contributed by atoms with E-state index < -0.39 is 0 Å². The highest BCUT2D eigenvalue weighted by Crippen LogP contribution is 2.33. The normalized spacial score (nSPS) is 16.6. The molecule has 136 valence electrons. The van der Waals surface area contributed by atoms with Gasteiger partial charge in [0.05, 0.1) is 28.2 Å². The molecule has 4 aromatic heterocycles. The van der Waals surface area contributed by atoms with E-state index in [-0.39, 0.29) is 11.9 Å². The number of carbonyl (C=O) groups excluding carboxylic acids is 1. The summed E-state index contributed by atoms with van der Waals surface area (Å²) in [5, 5.41) is 7.65. The smallest absolute Gasteiger partial charge is 0.223 e. The zero-order chi connectivity index (χ0) is 18.2. The van der Waals surface area contributed by atoms with Crippen molar-refractivity contribution in [3.8, 4) is 0 Å². The lowest BCUT2D eigenvalue weighted by atomic mass is 9.99. The van der Waals surface area contributed by atoms with Gasteiger partial charge in [0, 0.05) is 49.3 Å². The van der Waals surface area contributed by atoms with Crippen LogP contribution in [0, 0.1) is 0 Å². The summed E-state index contributed by atoms with van der Waals surface area (Å²) in [6, 6.07) is 7.72. The summed E-state index contributed by atoms with van der Waals surface area (Å²) >= 11 is 1.59.